The molecule has 28 heavy (non-hydrogen) atoms. The van der Waals surface area contributed by atoms with Crippen molar-refractivity contribution in [2.24, 2.45) is 0 Å². The van der Waals surface area contributed by atoms with Crippen molar-refractivity contribution >= 4 is 17.9 Å². The van der Waals surface area contributed by atoms with Crippen LogP contribution >= 0.6 is 0 Å². The van der Waals surface area contributed by atoms with E-state index < -0.39 is 6.04 Å². The molecule has 7 nitrogen and oxygen atoms in total. The number of carbonyl (C=O) groups is 2. The number of rotatable bonds is 6. The van der Waals surface area contributed by atoms with Crippen LogP contribution in [0.3, 0.4) is 0 Å². The Labute approximate surface area is 166 Å². The van der Waals surface area contributed by atoms with E-state index in [1.807, 2.05) is 41.3 Å². The molecule has 1 N–H and O–H groups in total. The van der Waals surface area contributed by atoms with Crippen LogP contribution in [0.4, 0.5) is 0 Å². The molecule has 0 aliphatic carbocycles. The summed E-state index contributed by atoms with van der Waals surface area (Å²) in [7, 11) is 3.72. The van der Waals surface area contributed by atoms with E-state index in [2.05, 4.69) is 22.2 Å². The maximum absolute atomic E-state index is 12.7. The molecular weight excluding hydrogens is 356 g/mol. The van der Waals surface area contributed by atoms with Crippen LogP contribution in [0.2, 0.25) is 0 Å². The number of likely N-dealkylation sites (N-methyl/N-ethyl adjacent to an activating group) is 1. The molecule has 3 rings (SSSR count). The summed E-state index contributed by atoms with van der Waals surface area (Å²) in [6, 6.07) is 7.40. The zero-order valence-electron chi connectivity index (χ0n) is 16.8. The number of piperazine rings is 2. The molecule has 1 aromatic rings. The summed E-state index contributed by atoms with van der Waals surface area (Å²) in [5.41, 5.74) is 0.997. The minimum absolute atomic E-state index is 0.0561. The number of carbonyl (C=O) groups excluding carboxylic acids is 2. The summed E-state index contributed by atoms with van der Waals surface area (Å²) < 4.78 is 5.37. The fourth-order valence-electron chi connectivity index (χ4n) is 3.67. The fourth-order valence-corrected chi connectivity index (χ4v) is 3.67. The van der Waals surface area contributed by atoms with Crippen LogP contribution < -0.4 is 10.1 Å². The van der Waals surface area contributed by atoms with Gasteiger partial charge in [0, 0.05) is 51.4 Å². The molecule has 7 heteroatoms. The van der Waals surface area contributed by atoms with Crippen molar-refractivity contribution in [3.8, 4) is 5.75 Å². The largest absolute Gasteiger partial charge is 0.496 e. The molecule has 2 aliphatic rings. The van der Waals surface area contributed by atoms with Crippen molar-refractivity contribution in [1.29, 1.82) is 0 Å². The van der Waals surface area contributed by atoms with E-state index in [1.165, 1.54) is 0 Å². The number of hydrogen-bond donors (Lipinski definition) is 1. The molecule has 2 fully saturated rings. The average molecular weight is 386 g/mol. The van der Waals surface area contributed by atoms with Gasteiger partial charge in [0.05, 0.1) is 19.6 Å². The Morgan fingerprint density at radius 1 is 1.21 bits per heavy atom. The summed E-state index contributed by atoms with van der Waals surface area (Å²) in [6.45, 7) is 5.20. The Balaban J connectivity index is 1.61. The highest BCUT2D eigenvalue weighted by atomic mass is 16.5. The minimum Gasteiger partial charge on any atom is -0.496 e. The maximum atomic E-state index is 12.7. The second-order valence-electron chi connectivity index (χ2n) is 7.33. The van der Waals surface area contributed by atoms with Gasteiger partial charge in [-0.15, -0.1) is 0 Å². The number of nitrogens with one attached hydrogen (secondary N) is 1. The molecule has 152 valence electrons. The van der Waals surface area contributed by atoms with Crippen molar-refractivity contribution in [2.45, 2.75) is 12.5 Å². The lowest BCUT2D eigenvalue weighted by atomic mass is 10.1. The van der Waals surface area contributed by atoms with Gasteiger partial charge in [0.2, 0.25) is 11.8 Å². The number of methoxy groups -OCH3 is 1. The van der Waals surface area contributed by atoms with Crippen LogP contribution in [0, 0.1) is 0 Å². The highest BCUT2D eigenvalue weighted by Crippen LogP contribution is 2.19. The maximum Gasteiger partial charge on any atom is 0.237 e. The molecule has 0 radical (unpaired) electrons. The predicted octanol–water partition coefficient (Wildman–Crippen LogP) is 0.673. The van der Waals surface area contributed by atoms with Crippen LogP contribution in [0.5, 0.6) is 5.75 Å². The van der Waals surface area contributed by atoms with E-state index in [4.69, 9.17) is 4.74 Å². The van der Waals surface area contributed by atoms with E-state index in [9.17, 15) is 9.59 Å². The first-order valence-corrected chi connectivity index (χ1v) is 9.86. The number of amides is 2. The topological polar surface area (TPSA) is 65.1 Å². The smallest absolute Gasteiger partial charge is 0.237 e. The van der Waals surface area contributed by atoms with Crippen LogP contribution in [0.25, 0.3) is 6.08 Å². The van der Waals surface area contributed by atoms with Gasteiger partial charge in [0.1, 0.15) is 5.75 Å². The Hall–Kier alpha value is -2.38. The van der Waals surface area contributed by atoms with E-state index in [1.54, 1.807) is 7.11 Å². The van der Waals surface area contributed by atoms with Crippen LogP contribution in [0.1, 0.15) is 12.0 Å². The van der Waals surface area contributed by atoms with Crippen LogP contribution in [0.15, 0.2) is 30.3 Å². The number of ether oxygens (including phenoxy) is 1. The van der Waals surface area contributed by atoms with Gasteiger partial charge in [-0.3, -0.25) is 14.5 Å². The SMILES string of the molecule is COc1ccccc1/C=C/CN1CCNC(=O)[C@H]1CC(=O)N1CCN(C)CC1. The molecule has 0 spiro atoms. The Kier molecular flexibility index (Phi) is 7.06. The molecule has 0 saturated carbocycles. The van der Waals surface area contributed by atoms with Gasteiger partial charge >= 0.3 is 0 Å². The van der Waals surface area contributed by atoms with E-state index in [0.29, 0.717) is 13.1 Å². The molecule has 2 amide bonds. The third kappa shape index (κ3) is 5.11. The van der Waals surface area contributed by atoms with Gasteiger partial charge in [0.25, 0.3) is 0 Å². The zero-order chi connectivity index (χ0) is 19.9. The van der Waals surface area contributed by atoms with Gasteiger partial charge in [-0.2, -0.15) is 0 Å². The molecular formula is C21H30N4O3. The first kappa shape index (κ1) is 20.4. The standard InChI is InChI=1S/C21H30N4O3/c1-23-12-14-25(15-13-23)20(26)16-18-21(27)22-9-11-24(18)10-5-7-17-6-3-4-8-19(17)28-2/h3-8,18H,9-16H2,1-2H3,(H,22,27)/b7-5+/t18-/m1/s1. The lowest BCUT2D eigenvalue weighted by Crippen LogP contribution is -2.57. The first-order valence-electron chi connectivity index (χ1n) is 9.86. The molecule has 1 atom stereocenters. The number of nitrogens with zero attached hydrogens (tertiary/aromatic N) is 3. The molecule has 2 heterocycles. The van der Waals surface area contributed by atoms with Gasteiger partial charge in [-0.25, -0.2) is 0 Å². The predicted molar refractivity (Wildman–Crippen MR) is 109 cm³/mol. The third-order valence-corrected chi connectivity index (χ3v) is 5.44. The summed E-state index contributed by atoms with van der Waals surface area (Å²) >= 11 is 0. The molecule has 2 aliphatic heterocycles. The molecule has 0 bridgehead atoms. The number of hydrogen-bond acceptors (Lipinski definition) is 5. The highest BCUT2D eigenvalue weighted by molar-refractivity contribution is 5.89. The fraction of sp³-hybridized carbons (Fsp3) is 0.524. The Bertz CT molecular complexity index is 713. The zero-order valence-corrected chi connectivity index (χ0v) is 16.8. The lowest BCUT2D eigenvalue weighted by Gasteiger charge is -2.37. The van der Waals surface area contributed by atoms with Gasteiger partial charge in [-0.1, -0.05) is 30.4 Å². The minimum atomic E-state index is -0.414. The quantitative estimate of drug-likeness (QED) is 0.779. The molecule has 0 unspecified atom stereocenters. The second-order valence-corrected chi connectivity index (χ2v) is 7.33. The normalized spacial score (nSPS) is 21.7. The highest BCUT2D eigenvalue weighted by Gasteiger charge is 2.32. The third-order valence-electron chi connectivity index (χ3n) is 5.44. The molecule has 0 aromatic heterocycles. The van der Waals surface area contributed by atoms with Crippen molar-refractivity contribution < 1.29 is 14.3 Å². The second kappa shape index (κ2) is 9.71. The monoisotopic (exact) mass is 386 g/mol. The van der Waals surface area contributed by atoms with E-state index in [-0.39, 0.29) is 18.2 Å². The summed E-state index contributed by atoms with van der Waals surface area (Å²) in [5, 5.41) is 2.90. The summed E-state index contributed by atoms with van der Waals surface area (Å²) in [5.74, 6) is 0.824. The molecule has 2 saturated heterocycles. The van der Waals surface area contributed by atoms with Gasteiger partial charge in [0.15, 0.2) is 0 Å². The van der Waals surface area contributed by atoms with E-state index >= 15 is 0 Å². The number of para-hydroxylation sites is 1. The summed E-state index contributed by atoms with van der Waals surface area (Å²) in [6.07, 6.45) is 4.27. The van der Waals surface area contributed by atoms with Crippen LogP contribution in [-0.4, -0.2) is 92.5 Å². The Morgan fingerprint density at radius 2 is 1.96 bits per heavy atom. The van der Waals surface area contributed by atoms with Crippen molar-refractivity contribution in [3.63, 3.8) is 0 Å². The van der Waals surface area contributed by atoms with Gasteiger partial charge in [-0.05, 0) is 13.1 Å². The first-order chi connectivity index (χ1) is 13.6. The summed E-state index contributed by atoms with van der Waals surface area (Å²) in [4.78, 5) is 31.3. The average Bonchev–Trinajstić information content (AvgIpc) is 2.71. The van der Waals surface area contributed by atoms with Gasteiger partial charge < -0.3 is 19.9 Å². The van der Waals surface area contributed by atoms with Crippen LogP contribution in [-0.2, 0) is 9.59 Å². The lowest BCUT2D eigenvalue weighted by molar-refractivity contribution is -0.139. The van der Waals surface area contributed by atoms with Crippen molar-refractivity contribution in [1.82, 2.24) is 20.0 Å². The number of benzene rings is 1. The molecule has 1 aromatic carbocycles. The van der Waals surface area contributed by atoms with E-state index in [0.717, 1.165) is 44.0 Å². The Morgan fingerprint density at radius 3 is 2.71 bits per heavy atom. The van der Waals surface area contributed by atoms with Crippen molar-refractivity contribution in [3.05, 3.63) is 35.9 Å². The van der Waals surface area contributed by atoms with Crippen molar-refractivity contribution in [2.75, 3.05) is 60.0 Å².